The maximum atomic E-state index is 12.7. The molecule has 1 heterocycles. The van der Waals surface area contributed by atoms with E-state index in [9.17, 15) is 9.59 Å². The van der Waals surface area contributed by atoms with Crippen LogP contribution in [0.1, 0.15) is 38.7 Å². The number of rotatable bonds is 4. The van der Waals surface area contributed by atoms with Crippen LogP contribution in [0.2, 0.25) is 0 Å². The predicted octanol–water partition coefficient (Wildman–Crippen LogP) is 3.06. The van der Waals surface area contributed by atoms with E-state index in [1.807, 2.05) is 4.90 Å². The van der Waals surface area contributed by atoms with E-state index in [2.05, 4.69) is 25.2 Å². The molecule has 0 unspecified atom stereocenters. The molecule has 6 nitrogen and oxygen atoms in total. The first-order valence-corrected chi connectivity index (χ1v) is 9.33. The number of benzene rings is 1. The number of amides is 3. The van der Waals surface area contributed by atoms with Crippen LogP contribution in [0.4, 0.5) is 10.5 Å². The van der Waals surface area contributed by atoms with Crippen molar-refractivity contribution in [1.29, 1.82) is 5.26 Å². The van der Waals surface area contributed by atoms with Crippen molar-refractivity contribution in [3.8, 4) is 6.07 Å². The zero-order valence-electron chi connectivity index (χ0n) is 15.4. The van der Waals surface area contributed by atoms with Gasteiger partial charge in [-0.25, -0.2) is 4.79 Å². The summed E-state index contributed by atoms with van der Waals surface area (Å²) in [5.74, 6) is 1.07. The second-order valence-corrected chi connectivity index (χ2v) is 7.62. The predicted molar refractivity (Wildman–Crippen MR) is 99.4 cm³/mol. The Morgan fingerprint density at radius 2 is 2.15 bits per heavy atom. The monoisotopic (exact) mass is 354 g/mol. The van der Waals surface area contributed by atoms with E-state index < -0.39 is 0 Å². The van der Waals surface area contributed by atoms with E-state index in [0.717, 1.165) is 6.54 Å². The first-order valence-electron chi connectivity index (χ1n) is 9.33. The van der Waals surface area contributed by atoms with Gasteiger partial charge in [0.25, 0.3) is 0 Å². The molecule has 1 aliphatic heterocycles. The van der Waals surface area contributed by atoms with E-state index in [1.54, 1.807) is 29.2 Å². The van der Waals surface area contributed by atoms with E-state index in [1.165, 1.54) is 12.8 Å². The number of hydrogen-bond donors (Lipinski definition) is 1. The summed E-state index contributed by atoms with van der Waals surface area (Å²) in [4.78, 5) is 29.1. The maximum Gasteiger partial charge on any atom is 0.321 e. The third kappa shape index (κ3) is 4.34. The first-order chi connectivity index (χ1) is 12.5. The van der Waals surface area contributed by atoms with Crippen molar-refractivity contribution in [1.82, 2.24) is 9.80 Å². The van der Waals surface area contributed by atoms with Crippen LogP contribution in [0.3, 0.4) is 0 Å². The fourth-order valence-electron chi connectivity index (χ4n) is 3.41. The molecule has 6 heteroatoms. The Morgan fingerprint density at radius 3 is 2.81 bits per heavy atom. The van der Waals surface area contributed by atoms with Crippen LogP contribution >= 0.6 is 0 Å². The third-order valence-corrected chi connectivity index (χ3v) is 5.18. The molecule has 1 aromatic carbocycles. The fraction of sp³-hybridized carbons (Fsp3) is 0.550. The zero-order chi connectivity index (χ0) is 18.7. The average Bonchev–Trinajstić information content (AvgIpc) is 3.44. The summed E-state index contributed by atoms with van der Waals surface area (Å²) in [6, 6.07) is 8.76. The van der Waals surface area contributed by atoms with Gasteiger partial charge in [0.15, 0.2) is 0 Å². The normalized spacial score (nSPS) is 20.7. The Labute approximate surface area is 154 Å². The molecular weight excluding hydrogens is 328 g/mol. The van der Waals surface area contributed by atoms with Crippen molar-refractivity contribution in [2.45, 2.75) is 39.2 Å². The van der Waals surface area contributed by atoms with E-state index in [0.29, 0.717) is 36.7 Å². The van der Waals surface area contributed by atoms with Crippen molar-refractivity contribution < 1.29 is 9.59 Å². The van der Waals surface area contributed by atoms with Crippen LogP contribution in [0.15, 0.2) is 24.3 Å². The molecule has 26 heavy (non-hydrogen) atoms. The standard InChI is InChI=1S/C20H26N4O2/c1-14(2)18-13-23(9-8-19(25)24(18)12-15-6-7-15)20(26)22-17-5-3-4-16(10-17)11-21/h3-5,10,14-15,18H,6-9,12-13H2,1-2H3,(H,22,26)/t18-/m1/s1. The highest BCUT2D eigenvalue weighted by molar-refractivity contribution is 5.90. The Bertz CT molecular complexity index is 721. The van der Waals surface area contributed by atoms with Crippen LogP contribution in [-0.4, -0.2) is 47.4 Å². The number of nitrogens with zero attached hydrogens (tertiary/aromatic N) is 3. The number of carbonyl (C=O) groups excluding carboxylic acids is 2. The van der Waals surface area contributed by atoms with Gasteiger partial charge >= 0.3 is 6.03 Å². The molecular formula is C20H26N4O2. The lowest BCUT2D eigenvalue weighted by molar-refractivity contribution is -0.133. The molecule has 2 aliphatic rings. The van der Waals surface area contributed by atoms with Gasteiger partial charge < -0.3 is 15.1 Å². The van der Waals surface area contributed by atoms with Crippen LogP contribution in [-0.2, 0) is 4.79 Å². The molecule has 0 bridgehead atoms. The Hall–Kier alpha value is -2.55. The maximum absolute atomic E-state index is 12.7. The molecule has 1 aromatic rings. The minimum Gasteiger partial charge on any atom is -0.337 e. The SMILES string of the molecule is CC(C)[C@H]1CN(C(=O)Nc2cccc(C#N)c2)CCC(=O)N1CC1CC1. The highest BCUT2D eigenvalue weighted by Crippen LogP contribution is 2.32. The minimum absolute atomic E-state index is 0.0433. The van der Waals surface area contributed by atoms with Gasteiger partial charge in [0, 0.05) is 31.7 Å². The summed E-state index contributed by atoms with van der Waals surface area (Å²) in [5.41, 5.74) is 1.10. The molecule has 138 valence electrons. The quantitative estimate of drug-likeness (QED) is 0.903. The Balaban J connectivity index is 1.71. The molecule has 1 N–H and O–H groups in total. The molecule has 0 aromatic heterocycles. The smallest absolute Gasteiger partial charge is 0.321 e. The Morgan fingerprint density at radius 1 is 1.38 bits per heavy atom. The van der Waals surface area contributed by atoms with Gasteiger partial charge in [0.05, 0.1) is 17.7 Å². The number of carbonyl (C=O) groups is 2. The van der Waals surface area contributed by atoms with Crippen LogP contribution in [0.5, 0.6) is 0 Å². The largest absolute Gasteiger partial charge is 0.337 e. The van der Waals surface area contributed by atoms with Gasteiger partial charge in [-0.05, 0) is 42.9 Å². The van der Waals surface area contributed by atoms with E-state index >= 15 is 0 Å². The van der Waals surface area contributed by atoms with Gasteiger partial charge in [-0.15, -0.1) is 0 Å². The minimum atomic E-state index is -0.216. The lowest BCUT2D eigenvalue weighted by atomic mass is 10.0. The molecule has 1 atom stereocenters. The lowest BCUT2D eigenvalue weighted by Gasteiger charge is -2.34. The number of nitrogens with one attached hydrogen (secondary N) is 1. The second kappa shape index (κ2) is 7.77. The summed E-state index contributed by atoms with van der Waals surface area (Å²) in [7, 11) is 0. The highest BCUT2D eigenvalue weighted by Gasteiger charge is 2.36. The Kier molecular flexibility index (Phi) is 5.46. The zero-order valence-corrected chi connectivity index (χ0v) is 15.4. The highest BCUT2D eigenvalue weighted by atomic mass is 16.2. The molecule has 2 fully saturated rings. The molecule has 0 spiro atoms. The molecule has 3 amide bonds. The molecule has 0 radical (unpaired) electrons. The third-order valence-electron chi connectivity index (χ3n) is 5.18. The van der Waals surface area contributed by atoms with Crippen molar-refractivity contribution in [3.63, 3.8) is 0 Å². The van der Waals surface area contributed by atoms with Crippen molar-refractivity contribution in [2.24, 2.45) is 11.8 Å². The summed E-state index contributed by atoms with van der Waals surface area (Å²) in [6.45, 7) is 6.00. The van der Waals surface area contributed by atoms with Gasteiger partial charge in [0.2, 0.25) is 5.91 Å². The van der Waals surface area contributed by atoms with E-state index in [4.69, 9.17) is 5.26 Å². The van der Waals surface area contributed by atoms with Crippen molar-refractivity contribution in [3.05, 3.63) is 29.8 Å². The topological polar surface area (TPSA) is 76.4 Å². The van der Waals surface area contributed by atoms with Gasteiger partial charge in [0.1, 0.15) is 0 Å². The first kappa shape index (κ1) is 18.2. The van der Waals surface area contributed by atoms with E-state index in [-0.39, 0.29) is 23.9 Å². The number of urea groups is 1. The number of anilines is 1. The van der Waals surface area contributed by atoms with Gasteiger partial charge in [-0.3, -0.25) is 4.79 Å². The lowest BCUT2D eigenvalue weighted by Crippen LogP contribution is -2.48. The molecule has 3 rings (SSSR count). The summed E-state index contributed by atoms with van der Waals surface area (Å²) < 4.78 is 0. The average molecular weight is 354 g/mol. The number of nitriles is 1. The van der Waals surface area contributed by atoms with Crippen molar-refractivity contribution >= 4 is 17.6 Å². The molecule has 1 saturated carbocycles. The summed E-state index contributed by atoms with van der Waals surface area (Å²) in [6.07, 6.45) is 2.77. The van der Waals surface area contributed by atoms with Gasteiger partial charge in [-0.2, -0.15) is 5.26 Å². The van der Waals surface area contributed by atoms with Crippen molar-refractivity contribution in [2.75, 3.05) is 25.0 Å². The van der Waals surface area contributed by atoms with Crippen LogP contribution in [0.25, 0.3) is 0 Å². The van der Waals surface area contributed by atoms with Gasteiger partial charge in [-0.1, -0.05) is 19.9 Å². The molecule has 1 aliphatic carbocycles. The summed E-state index contributed by atoms with van der Waals surface area (Å²) >= 11 is 0. The summed E-state index contributed by atoms with van der Waals surface area (Å²) in [5, 5.41) is 11.9. The fourth-order valence-corrected chi connectivity index (χ4v) is 3.41. The number of hydrogen-bond acceptors (Lipinski definition) is 3. The second-order valence-electron chi connectivity index (χ2n) is 7.62. The van der Waals surface area contributed by atoms with Crippen LogP contribution < -0.4 is 5.32 Å². The molecule has 1 saturated heterocycles. The van der Waals surface area contributed by atoms with Crippen LogP contribution in [0, 0.1) is 23.2 Å².